The molecule has 1 amide bonds. The summed E-state index contributed by atoms with van der Waals surface area (Å²) in [5, 5.41) is 3.26. The number of carbonyl (C=O) groups excluding carboxylic acids is 1. The third-order valence-corrected chi connectivity index (χ3v) is 5.91. The van der Waals surface area contributed by atoms with E-state index in [1.165, 1.54) is 19.4 Å². The maximum atomic E-state index is 12.7. The summed E-state index contributed by atoms with van der Waals surface area (Å²) in [4.78, 5) is 15.6. The largest absolute Gasteiger partial charge is 0.392 e. The van der Waals surface area contributed by atoms with Crippen molar-refractivity contribution in [2.45, 2.75) is 63.5 Å². The van der Waals surface area contributed by atoms with Crippen LogP contribution in [0.25, 0.3) is 0 Å². The molecule has 3 N–H and O–H groups in total. The molecule has 4 nitrogen and oxygen atoms in total. The van der Waals surface area contributed by atoms with Crippen LogP contribution in [0.2, 0.25) is 0 Å². The van der Waals surface area contributed by atoms with Gasteiger partial charge >= 0.3 is 0 Å². The van der Waals surface area contributed by atoms with Crippen molar-refractivity contribution in [3.05, 3.63) is 0 Å². The van der Waals surface area contributed by atoms with Crippen molar-refractivity contribution in [2.75, 3.05) is 13.1 Å². The van der Waals surface area contributed by atoms with Crippen LogP contribution in [-0.4, -0.2) is 41.0 Å². The number of rotatable bonds is 3. The van der Waals surface area contributed by atoms with Gasteiger partial charge < -0.3 is 16.0 Å². The first-order chi connectivity index (χ1) is 9.62. The van der Waals surface area contributed by atoms with Gasteiger partial charge in [-0.2, -0.15) is 0 Å². The van der Waals surface area contributed by atoms with Crippen LogP contribution in [-0.2, 0) is 4.79 Å². The Balaban J connectivity index is 1.62. The zero-order valence-corrected chi connectivity index (χ0v) is 12.9. The fraction of sp³-hybridized carbons (Fsp3) is 0.867. The highest BCUT2D eigenvalue weighted by Crippen LogP contribution is 2.39. The summed E-state index contributed by atoms with van der Waals surface area (Å²) < 4.78 is 0. The Kier molecular flexibility index (Phi) is 4.00. The minimum Gasteiger partial charge on any atom is -0.392 e. The molecule has 0 bridgehead atoms. The monoisotopic (exact) mass is 295 g/mol. The minimum absolute atomic E-state index is 0.0962. The summed E-state index contributed by atoms with van der Waals surface area (Å²) in [6.07, 6.45) is 8.54. The molecule has 2 saturated heterocycles. The molecule has 0 aromatic heterocycles. The Morgan fingerprint density at radius 3 is 2.65 bits per heavy atom. The number of thiocarbonyl (C=S) groups is 1. The molecular weight excluding hydrogens is 270 g/mol. The minimum atomic E-state index is -0.553. The normalized spacial score (nSPS) is 32.8. The van der Waals surface area contributed by atoms with Crippen LogP contribution in [0.1, 0.15) is 51.4 Å². The molecule has 2 aliphatic heterocycles. The second-order valence-corrected chi connectivity index (χ2v) is 7.12. The van der Waals surface area contributed by atoms with Crippen molar-refractivity contribution in [1.82, 2.24) is 10.2 Å². The molecule has 1 saturated carbocycles. The number of hydrogen-bond donors (Lipinski definition) is 2. The van der Waals surface area contributed by atoms with Gasteiger partial charge in [0.2, 0.25) is 5.91 Å². The van der Waals surface area contributed by atoms with E-state index in [9.17, 15) is 4.79 Å². The van der Waals surface area contributed by atoms with Crippen LogP contribution in [0.15, 0.2) is 0 Å². The predicted octanol–water partition coefficient (Wildman–Crippen LogP) is 1.58. The van der Waals surface area contributed by atoms with Gasteiger partial charge in [0.1, 0.15) is 0 Å². The third-order valence-electron chi connectivity index (χ3n) is 5.52. The average Bonchev–Trinajstić information content (AvgIpc) is 3.07. The Hall–Kier alpha value is -0.680. The van der Waals surface area contributed by atoms with E-state index in [0.717, 1.165) is 45.1 Å². The highest BCUT2D eigenvalue weighted by Gasteiger charge is 2.45. The molecule has 2 unspecified atom stereocenters. The number of nitrogens with two attached hydrogens (primary N) is 1. The molecule has 0 radical (unpaired) electrons. The van der Waals surface area contributed by atoms with E-state index in [1.54, 1.807) is 0 Å². The number of carbonyl (C=O) groups is 1. The van der Waals surface area contributed by atoms with E-state index < -0.39 is 5.41 Å². The average molecular weight is 295 g/mol. The molecule has 1 aliphatic carbocycles. The number of hydrogen-bond acceptors (Lipinski definition) is 3. The number of nitrogens with zero attached hydrogens (tertiary/aromatic N) is 1. The van der Waals surface area contributed by atoms with Crippen molar-refractivity contribution in [1.29, 1.82) is 0 Å². The number of piperidine rings is 1. The quantitative estimate of drug-likeness (QED) is 0.776. The molecule has 0 aromatic rings. The van der Waals surface area contributed by atoms with Gasteiger partial charge in [-0.25, -0.2) is 0 Å². The second kappa shape index (κ2) is 5.60. The molecule has 0 aromatic carbocycles. The maximum Gasteiger partial charge on any atom is 0.233 e. The lowest BCUT2D eigenvalue weighted by Crippen LogP contribution is -2.53. The molecule has 3 rings (SSSR count). The SMILES string of the molecule is NC(=S)C1(C(=O)NC2CCN3CCCC3C2)CCCC1. The number of amides is 1. The van der Waals surface area contributed by atoms with Gasteiger partial charge in [0, 0.05) is 18.6 Å². The standard InChI is InChI=1S/C15H25N3OS/c16-13(20)15(6-1-2-7-15)14(19)17-11-5-9-18-8-3-4-12(18)10-11/h11-12H,1-10H2,(H2,16,20)(H,17,19). The van der Waals surface area contributed by atoms with Gasteiger partial charge in [-0.3, -0.25) is 4.79 Å². The third kappa shape index (κ3) is 2.46. The van der Waals surface area contributed by atoms with Crippen LogP contribution in [0.3, 0.4) is 0 Å². The fourth-order valence-corrected chi connectivity index (χ4v) is 4.54. The van der Waals surface area contributed by atoms with Crippen LogP contribution in [0.4, 0.5) is 0 Å². The number of fused-ring (bicyclic) bond motifs is 1. The van der Waals surface area contributed by atoms with Crippen LogP contribution >= 0.6 is 12.2 Å². The lowest BCUT2D eigenvalue weighted by atomic mass is 9.84. The number of nitrogens with one attached hydrogen (secondary N) is 1. The Labute approximate surface area is 126 Å². The molecule has 3 fully saturated rings. The molecule has 2 heterocycles. The van der Waals surface area contributed by atoms with E-state index in [2.05, 4.69) is 10.2 Å². The zero-order valence-electron chi connectivity index (χ0n) is 12.1. The first-order valence-electron chi connectivity index (χ1n) is 7.97. The summed E-state index contributed by atoms with van der Waals surface area (Å²) in [5.74, 6) is 0.0962. The lowest BCUT2D eigenvalue weighted by molar-refractivity contribution is -0.128. The Morgan fingerprint density at radius 1 is 1.20 bits per heavy atom. The summed E-state index contributed by atoms with van der Waals surface area (Å²) >= 11 is 5.19. The van der Waals surface area contributed by atoms with E-state index >= 15 is 0 Å². The van der Waals surface area contributed by atoms with E-state index in [-0.39, 0.29) is 5.91 Å². The topological polar surface area (TPSA) is 58.4 Å². The molecule has 2 atom stereocenters. The summed E-state index contributed by atoms with van der Waals surface area (Å²) in [7, 11) is 0. The molecule has 0 spiro atoms. The van der Waals surface area contributed by atoms with Crippen molar-refractivity contribution in [2.24, 2.45) is 11.1 Å². The van der Waals surface area contributed by atoms with Crippen molar-refractivity contribution < 1.29 is 4.79 Å². The second-order valence-electron chi connectivity index (χ2n) is 6.68. The van der Waals surface area contributed by atoms with Crippen molar-refractivity contribution >= 4 is 23.1 Å². The van der Waals surface area contributed by atoms with Gasteiger partial charge in [0.25, 0.3) is 0 Å². The fourth-order valence-electron chi connectivity index (χ4n) is 4.24. The first-order valence-corrected chi connectivity index (χ1v) is 8.37. The molecule has 112 valence electrons. The summed E-state index contributed by atoms with van der Waals surface area (Å²) in [5.41, 5.74) is 5.33. The molecule has 3 aliphatic rings. The highest BCUT2D eigenvalue weighted by atomic mass is 32.1. The van der Waals surface area contributed by atoms with Crippen LogP contribution in [0, 0.1) is 5.41 Å². The van der Waals surface area contributed by atoms with Gasteiger partial charge in [0.15, 0.2) is 0 Å². The van der Waals surface area contributed by atoms with Crippen molar-refractivity contribution in [3.8, 4) is 0 Å². The van der Waals surface area contributed by atoms with Crippen molar-refractivity contribution in [3.63, 3.8) is 0 Å². The molecular formula is C15H25N3OS. The zero-order chi connectivity index (χ0) is 14.2. The van der Waals surface area contributed by atoms with Gasteiger partial charge in [-0.15, -0.1) is 0 Å². The first kappa shape index (κ1) is 14.3. The van der Waals surface area contributed by atoms with E-state index in [0.29, 0.717) is 17.1 Å². The van der Waals surface area contributed by atoms with Crippen LogP contribution < -0.4 is 11.1 Å². The summed E-state index contributed by atoms with van der Waals surface area (Å²) in [6, 6.07) is 0.993. The van der Waals surface area contributed by atoms with Crippen LogP contribution in [0.5, 0.6) is 0 Å². The predicted molar refractivity (Wildman–Crippen MR) is 83.4 cm³/mol. The molecule has 5 heteroatoms. The van der Waals surface area contributed by atoms with E-state index in [1.807, 2.05) is 0 Å². The maximum absolute atomic E-state index is 12.7. The Bertz CT molecular complexity index is 406. The highest BCUT2D eigenvalue weighted by molar-refractivity contribution is 7.80. The lowest BCUT2D eigenvalue weighted by Gasteiger charge is -2.37. The van der Waals surface area contributed by atoms with Gasteiger partial charge in [0.05, 0.1) is 10.4 Å². The Morgan fingerprint density at radius 2 is 1.95 bits per heavy atom. The molecule has 20 heavy (non-hydrogen) atoms. The summed E-state index contributed by atoms with van der Waals surface area (Å²) in [6.45, 7) is 2.36. The van der Waals surface area contributed by atoms with Gasteiger partial charge in [-0.05, 0) is 45.1 Å². The van der Waals surface area contributed by atoms with Gasteiger partial charge in [-0.1, -0.05) is 25.1 Å². The van der Waals surface area contributed by atoms with E-state index in [4.69, 9.17) is 18.0 Å². The smallest absolute Gasteiger partial charge is 0.233 e.